The zero-order valence-corrected chi connectivity index (χ0v) is 18.4. The van der Waals surface area contributed by atoms with Crippen LogP contribution in [0.1, 0.15) is 49.4 Å². The van der Waals surface area contributed by atoms with Gasteiger partial charge in [-0.05, 0) is 57.4 Å². The molecule has 0 spiro atoms. The van der Waals surface area contributed by atoms with Crippen molar-refractivity contribution in [3.8, 4) is 0 Å². The van der Waals surface area contributed by atoms with E-state index in [1.165, 1.54) is 5.56 Å². The highest BCUT2D eigenvalue weighted by Gasteiger charge is 2.23. The molecule has 1 atom stereocenters. The van der Waals surface area contributed by atoms with E-state index in [4.69, 9.17) is 14.9 Å². The van der Waals surface area contributed by atoms with Gasteiger partial charge in [-0.1, -0.05) is 11.2 Å². The van der Waals surface area contributed by atoms with Gasteiger partial charge in [-0.25, -0.2) is 4.79 Å². The molecule has 2 aromatic rings. The zero-order valence-electron chi connectivity index (χ0n) is 18.4. The SMILES string of the molecule is Cc1cc(CN2CCN(C(=O)OC(C)C)CC2)c(C)c(Nc2nnc(C(C)N)o2)c1. The molecule has 3 N–H and O–H groups in total. The predicted molar refractivity (Wildman–Crippen MR) is 115 cm³/mol. The molecule has 1 unspecified atom stereocenters. The lowest BCUT2D eigenvalue weighted by Gasteiger charge is -2.34. The molecule has 1 aliphatic heterocycles. The summed E-state index contributed by atoms with van der Waals surface area (Å²) in [7, 11) is 0. The summed E-state index contributed by atoms with van der Waals surface area (Å²) in [6.07, 6.45) is -0.326. The van der Waals surface area contributed by atoms with E-state index in [9.17, 15) is 4.79 Å². The van der Waals surface area contributed by atoms with Gasteiger partial charge in [0.05, 0.1) is 12.1 Å². The van der Waals surface area contributed by atoms with Gasteiger partial charge in [0, 0.05) is 38.4 Å². The molecule has 1 fully saturated rings. The first kappa shape index (κ1) is 22.0. The van der Waals surface area contributed by atoms with Gasteiger partial charge in [0.1, 0.15) is 0 Å². The maximum atomic E-state index is 12.1. The van der Waals surface area contributed by atoms with E-state index in [2.05, 4.69) is 46.4 Å². The molecular weight excluding hydrogens is 384 g/mol. The Morgan fingerprint density at radius 1 is 1.20 bits per heavy atom. The fourth-order valence-electron chi connectivity index (χ4n) is 3.42. The van der Waals surface area contributed by atoms with Crippen LogP contribution >= 0.6 is 0 Å². The van der Waals surface area contributed by atoms with Crippen LogP contribution in [0.15, 0.2) is 16.5 Å². The van der Waals surface area contributed by atoms with E-state index < -0.39 is 0 Å². The molecule has 0 radical (unpaired) electrons. The average molecular weight is 417 g/mol. The molecule has 1 aromatic heterocycles. The van der Waals surface area contributed by atoms with Gasteiger partial charge in [0.25, 0.3) is 0 Å². The third kappa shape index (κ3) is 5.48. The van der Waals surface area contributed by atoms with Gasteiger partial charge in [-0.15, -0.1) is 5.10 Å². The Balaban J connectivity index is 1.65. The highest BCUT2D eigenvalue weighted by Crippen LogP contribution is 2.26. The van der Waals surface area contributed by atoms with Crippen LogP contribution in [0.2, 0.25) is 0 Å². The molecule has 1 aromatic carbocycles. The van der Waals surface area contributed by atoms with Crippen molar-refractivity contribution in [1.82, 2.24) is 20.0 Å². The van der Waals surface area contributed by atoms with E-state index in [0.29, 0.717) is 25.0 Å². The number of carbonyl (C=O) groups excluding carboxylic acids is 1. The number of ether oxygens (including phenoxy) is 1. The Hall–Kier alpha value is -2.65. The normalized spacial score (nSPS) is 16.0. The molecule has 0 aliphatic carbocycles. The molecule has 1 amide bonds. The Labute approximate surface area is 177 Å². The van der Waals surface area contributed by atoms with Crippen LogP contribution in [-0.4, -0.2) is 58.4 Å². The maximum Gasteiger partial charge on any atom is 0.410 e. The molecular formula is C21H32N6O3. The average Bonchev–Trinajstić information content (AvgIpc) is 3.14. The number of nitrogens with zero attached hydrogens (tertiary/aromatic N) is 4. The number of aromatic nitrogens is 2. The summed E-state index contributed by atoms with van der Waals surface area (Å²) < 4.78 is 10.9. The van der Waals surface area contributed by atoms with E-state index >= 15 is 0 Å². The summed E-state index contributed by atoms with van der Waals surface area (Å²) in [5.74, 6) is 0.400. The molecule has 164 valence electrons. The van der Waals surface area contributed by atoms with Crippen LogP contribution in [0.3, 0.4) is 0 Å². The van der Waals surface area contributed by atoms with Crippen LogP contribution in [0.5, 0.6) is 0 Å². The molecule has 9 heteroatoms. The van der Waals surface area contributed by atoms with Crippen molar-refractivity contribution >= 4 is 17.8 Å². The van der Waals surface area contributed by atoms with Gasteiger partial charge in [0.15, 0.2) is 0 Å². The van der Waals surface area contributed by atoms with Crippen LogP contribution < -0.4 is 11.1 Å². The number of hydrogen-bond acceptors (Lipinski definition) is 8. The number of amides is 1. The van der Waals surface area contributed by atoms with E-state index in [0.717, 1.165) is 36.4 Å². The number of aryl methyl sites for hydroxylation is 1. The van der Waals surface area contributed by atoms with Gasteiger partial charge < -0.3 is 25.1 Å². The van der Waals surface area contributed by atoms with E-state index in [-0.39, 0.29) is 18.2 Å². The summed E-state index contributed by atoms with van der Waals surface area (Å²) in [6, 6.07) is 4.29. The van der Waals surface area contributed by atoms with Gasteiger partial charge >= 0.3 is 12.1 Å². The van der Waals surface area contributed by atoms with E-state index in [1.54, 1.807) is 11.8 Å². The Morgan fingerprint density at radius 3 is 2.50 bits per heavy atom. The lowest BCUT2D eigenvalue weighted by molar-refractivity contribution is 0.0559. The molecule has 30 heavy (non-hydrogen) atoms. The van der Waals surface area contributed by atoms with Crippen LogP contribution in [0.4, 0.5) is 16.5 Å². The monoisotopic (exact) mass is 416 g/mol. The highest BCUT2D eigenvalue weighted by atomic mass is 16.6. The Bertz CT molecular complexity index is 872. The molecule has 0 bridgehead atoms. The highest BCUT2D eigenvalue weighted by molar-refractivity contribution is 5.68. The standard InChI is InChI=1S/C21H32N6O3/c1-13(2)29-21(28)27-8-6-26(7-9-27)12-17-10-14(3)11-18(15(17)4)23-20-25-24-19(30-20)16(5)22/h10-11,13,16H,6-9,12,22H2,1-5H3,(H,23,25). The third-order valence-corrected chi connectivity index (χ3v) is 5.09. The van der Waals surface area contributed by atoms with Gasteiger partial charge in [0.2, 0.25) is 5.89 Å². The summed E-state index contributed by atoms with van der Waals surface area (Å²) in [4.78, 5) is 16.2. The predicted octanol–water partition coefficient (Wildman–Crippen LogP) is 3.11. The molecule has 1 aliphatic rings. The topological polar surface area (TPSA) is 110 Å². The van der Waals surface area contributed by atoms with Crippen molar-refractivity contribution in [2.24, 2.45) is 5.73 Å². The quantitative estimate of drug-likeness (QED) is 0.739. The first-order valence-corrected chi connectivity index (χ1v) is 10.4. The zero-order chi connectivity index (χ0) is 21.8. The Morgan fingerprint density at radius 2 is 1.90 bits per heavy atom. The molecule has 3 rings (SSSR count). The molecule has 1 saturated heterocycles. The second-order valence-electron chi connectivity index (χ2n) is 8.15. The second kappa shape index (κ2) is 9.44. The number of carbonyl (C=O) groups is 1. The van der Waals surface area contributed by atoms with E-state index in [1.807, 2.05) is 13.8 Å². The van der Waals surface area contributed by atoms with Crippen molar-refractivity contribution < 1.29 is 13.9 Å². The van der Waals surface area contributed by atoms with Gasteiger partial charge in [-0.2, -0.15) is 0 Å². The van der Waals surface area contributed by atoms with Crippen LogP contribution in [-0.2, 0) is 11.3 Å². The summed E-state index contributed by atoms with van der Waals surface area (Å²) in [5.41, 5.74) is 10.2. The maximum absolute atomic E-state index is 12.1. The smallest absolute Gasteiger partial charge is 0.410 e. The minimum absolute atomic E-state index is 0.0978. The lowest BCUT2D eigenvalue weighted by Crippen LogP contribution is -2.48. The number of piperazine rings is 1. The van der Waals surface area contributed by atoms with Crippen LogP contribution in [0.25, 0.3) is 0 Å². The minimum Gasteiger partial charge on any atom is -0.447 e. The minimum atomic E-state index is -0.307. The number of rotatable bonds is 6. The molecule has 2 heterocycles. The van der Waals surface area contributed by atoms with Crippen molar-refractivity contribution in [3.05, 3.63) is 34.7 Å². The number of anilines is 2. The number of nitrogens with two attached hydrogens (primary N) is 1. The largest absolute Gasteiger partial charge is 0.447 e. The number of benzene rings is 1. The van der Waals surface area contributed by atoms with Crippen molar-refractivity contribution in [2.75, 3.05) is 31.5 Å². The summed E-state index contributed by atoms with van der Waals surface area (Å²) in [6.45, 7) is 13.5. The third-order valence-electron chi connectivity index (χ3n) is 5.09. The van der Waals surface area contributed by atoms with Crippen molar-refractivity contribution in [3.63, 3.8) is 0 Å². The first-order valence-electron chi connectivity index (χ1n) is 10.4. The lowest BCUT2D eigenvalue weighted by atomic mass is 10.0. The molecule has 0 saturated carbocycles. The van der Waals surface area contributed by atoms with Crippen molar-refractivity contribution in [2.45, 2.75) is 53.3 Å². The number of hydrogen-bond donors (Lipinski definition) is 2. The summed E-state index contributed by atoms with van der Waals surface area (Å²) >= 11 is 0. The Kier molecular flexibility index (Phi) is 6.94. The summed E-state index contributed by atoms with van der Waals surface area (Å²) in [5, 5.41) is 11.2. The first-order chi connectivity index (χ1) is 14.2. The fourth-order valence-corrected chi connectivity index (χ4v) is 3.42. The second-order valence-corrected chi connectivity index (χ2v) is 8.15. The number of nitrogens with one attached hydrogen (secondary N) is 1. The van der Waals surface area contributed by atoms with Gasteiger partial charge in [-0.3, -0.25) is 4.90 Å². The fraction of sp³-hybridized carbons (Fsp3) is 0.571. The molecule has 9 nitrogen and oxygen atoms in total. The van der Waals surface area contributed by atoms with Crippen LogP contribution in [0, 0.1) is 13.8 Å². The van der Waals surface area contributed by atoms with Crippen molar-refractivity contribution in [1.29, 1.82) is 0 Å².